The van der Waals surface area contributed by atoms with Crippen LogP contribution in [0.3, 0.4) is 0 Å². The first kappa shape index (κ1) is 27.3. The SMILES string of the molecule is CCOC(=O)C1=C(C)N=c2sc(=Cc3ccc(N(CC)CC)o3)c(=O)n2C1c1ccc(OC)c(OCC)c1. The summed E-state index contributed by atoms with van der Waals surface area (Å²) in [6.45, 7) is 11.8. The molecule has 1 aliphatic heterocycles. The lowest BCUT2D eigenvalue weighted by Crippen LogP contribution is -2.39. The summed E-state index contributed by atoms with van der Waals surface area (Å²) in [7, 11) is 1.56. The normalized spacial score (nSPS) is 15.2. The summed E-state index contributed by atoms with van der Waals surface area (Å²) in [6.07, 6.45) is 1.72. The molecule has 202 valence electrons. The number of fused-ring (bicyclic) bond motifs is 1. The highest BCUT2D eigenvalue weighted by Crippen LogP contribution is 2.36. The van der Waals surface area contributed by atoms with Crippen LogP contribution >= 0.6 is 11.3 Å². The largest absolute Gasteiger partial charge is 0.493 e. The summed E-state index contributed by atoms with van der Waals surface area (Å²) in [5.41, 5.74) is 1.21. The smallest absolute Gasteiger partial charge is 0.338 e. The van der Waals surface area contributed by atoms with Crippen LogP contribution < -0.4 is 29.3 Å². The Kier molecular flexibility index (Phi) is 8.41. The number of aromatic nitrogens is 1. The second kappa shape index (κ2) is 11.7. The average Bonchev–Trinajstić information content (AvgIpc) is 3.48. The zero-order chi connectivity index (χ0) is 27.4. The molecule has 0 saturated heterocycles. The van der Waals surface area contributed by atoms with Gasteiger partial charge in [0.1, 0.15) is 5.76 Å². The van der Waals surface area contributed by atoms with Crippen LogP contribution in [0.15, 0.2) is 55.8 Å². The Labute approximate surface area is 225 Å². The average molecular weight is 540 g/mol. The predicted molar refractivity (Wildman–Crippen MR) is 147 cm³/mol. The van der Waals surface area contributed by atoms with Gasteiger partial charge in [-0.3, -0.25) is 9.36 Å². The molecule has 38 heavy (non-hydrogen) atoms. The number of hydrogen-bond acceptors (Lipinski definition) is 9. The Bertz CT molecular complexity index is 1530. The minimum absolute atomic E-state index is 0.201. The van der Waals surface area contributed by atoms with E-state index in [-0.39, 0.29) is 12.2 Å². The standard InChI is InChI=1S/C28H33N3O6S/c1-7-30(8-2)23-14-12-19(37-23)16-22-26(32)31-25(18-11-13-20(34-6)21(15-18)35-9-3)24(27(33)36-10-4)17(5)29-28(31)38-22/h11-16,25H,7-10H2,1-6H3. The third kappa shape index (κ3) is 5.13. The molecule has 0 radical (unpaired) electrons. The number of benzene rings is 1. The van der Waals surface area contributed by atoms with Gasteiger partial charge >= 0.3 is 5.97 Å². The van der Waals surface area contributed by atoms with E-state index in [1.807, 2.05) is 25.1 Å². The number of rotatable bonds is 10. The molecular weight excluding hydrogens is 506 g/mol. The first-order chi connectivity index (χ1) is 18.4. The molecule has 0 N–H and O–H groups in total. The van der Waals surface area contributed by atoms with E-state index >= 15 is 0 Å². The quantitative estimate of drug-likeness (QED) is 0.363. The Morgan fingerprint density at radius 1 is 1.13 bits per heavy atom. The molecular formula is C28H33N3O6S. The predicted octanol–water partition coefficient (Wildman–Crippen LogP) is 3.64. The number of esters is 1. The van der Waals surface area contributed by atoms with Gasteiger partial charge in [-0.15, -0.1) is 0 Å². The number of anilines is 1. The minimum Gasteiger partial charge on any atom is -0.493 e. The van der Waals surface area contributed by atoms with Crippen molar-refractivity contribution in [1.82, 2.24) is 4.57 Å². The summed E-state index contributed by atoms with van der Waals surface area (Å²) in [5.74, 6) is 1.87. The molecule has 0 spiro atoms. The molecule has 1 aliphatic rings. The number of carbonyl (C=O) groups is 1. The van der Waals surface area contributed by atoms with Crippen LogP contribution in [0.1, 0.15) is 52.0 Å². The van der Waals surface area contributed by atoms with Crippen molar-refractivity contribution in [2.24, 2.45) is 4.99 Å². The molecule has 4 rings (SSSR count). The lowest BCUT2D eigenvalue weighted by atomic mass is 9.95. The van der Waals surface area contributed by atoms with Gasteiger partial charge in [0.05, 0.1) is 42.2 Å². The van der Waals surface area contributed by atoms with E-state index in [0.29, 0.717) is 50.0 Å². The lowest BCUT2D eigenvalue weighted by Gasteiger charge is -2.25. The van der Waals surface area contributed by atoms with E-state index in [2.05, 4.69) is 23.7 Å². The molecule has 1 atom stereocenters. The number of nitrogens with zero attached hydrogens (tertiary/aromatic N) is 3. The Balaban J connectivity index is 1.90. The van der Waals surface area contributed by atoms with E-state index in [1.54, 1.807) is 43.7 Å². The monoisotopic (exact) mass is 539 g/mol. The van der Waals surface area contributed by atoms with Crippen molar-refractivity contribution in [3.05, 3.63) is 72.6 Å². The number of ether oxygens (including phenoxy) is 3. The molecule has 0 fully saturated rings. The number of thiazole rings is 1. The van der Waals surface area contributed by atoms with E-state index in [9.17, 15) is 9.59 Å². The summed E-state index contributed by atoms with van der Waals surface area (Å²) < 4.78 is 24.6. The van der Waals surface area contributed by atoms with Crippen molar-refractivity contribution < 1.29 is 23.4 Å². The molecule has 0 amide bonds. The van der Waals surface area contributed by atoms with E-state index < -0.39 is 12.0 Å². The third-order valence-electron chi connectivity index (χ3n) is 6.28. The highest BCUT2D eigenvalue weighted by Gasteiger charge is 2.34. The Morgan fingerprint density at radius 3 is 2.55 bits per heavy atom. The van der Waals surface area contributed by atoms with Crippen LogP contribution in [-0.4, -0.2) is 43.9 Å². The molecule has 0 saturated carbocycles. The van der Waals surface area contributed by atoms with Crippen molar-refractivity contribution in [2.75, 3.05) is 38.3 Å². The van der Waals surface area contributed by atoms with Crippen LogP contribution in [0.4, 0.5) is 5.88 Å². The molecule has 3 aromatic rings. The molecule has 9 nitrogen and oxygen atoms in total. The molecule has 0 aliphatic carbocycles. The van der Waals surface area contributed by atoms with Crippen LogP contribution in [0.25, 0.3) is 6.08 Å². The number of methoxy groups -OCH3 is 1. The fourth-order valence-corrected chi connectivity index (χ4v) is 5.52. The van der Waals surface area contributed by atoms with Crippen molar-refractivity contribution in [3.8, 4) is 11.5 Å². The number of allylic oxidation sites excluding steroid dienone is 1. The van der Waals surface area contributed by atoms with E-state index in [1.165, 1.54) is 11.3 Å². The van der Waals surface area contributed by atoms with Gasteiger partial charge < -0.3 is 23.5 Å². The van der Waals surface area contributed by atoms with E-state index in [4.69, 9.17) is 18.6 Å². The highest BCUT2D eigenvalue weighted by atomic mass is 32.1. The summed E-state index contributed by atoms with van der Waals surface area (Å²) in [5, 5.41) is 0. The van der Waals surface area contributed by atoms with Crippen molar-refractivity contribution in [3.63, 3.8) is 0 Å². The molecule has 0 bridgehead atoms. The molecule has 1 aromatic carbocycles. The second-order valence-corrected chi connectivity index (χ2v) is 9.50. The van der Waals surface area contributed by atoms with Crippen molar-refractivity contribution in [1.29, 1.82) is 0 Å². The second-order valence-electron chi connectivity index (χ2n) is 8.49. The van der Waals surface area contributed by atoms with Gasteiger partial charge in [0.25, 0.3) is 5.56 Å². The molecule has 10 heteroatoms. The van der Waals surface area contributed by atoms with Gasteiger partial charge in [0, 0.05) is 25.2 Å². The first-order valence-electron chi connectivity index (χ1n) is 12.7. The van der Waals surface area contributed by atoms with Gasteiger partial charge in [-0.2, -0.15) is 0 Å². The van der Waals surface area contributed by atoms with Crippen molar-refractivity contribution >= 4 is 29.3 Å². The summed E-state index contributed by atoms with van der Waals surface area (Å²) in [6, 6.07) is 8.38. The lowest BCUT2D eigenvalue weighted by molar-refractivity contribution is -0.139. The van der Waals surface area contributed by atoms with Crippen LogP contribution in [0.2, 0.25) is 0 Å². The van der Waals surface area contributed by atoms with Crippen LogP contribution in [0.5, 0.6) is 11.5 Å². The fourth-order valence-electron chi connectivity index (χ4n) is 4.49. The van der Waals surface area contributed by atoms with Gasteiger partial charge in [-0.05, 0) is 58.4 Å². The maximum Gasteiger partial charge on any atom is 0.338 e. The zero-order valence-electron chi connectivity index (χ0n) is 22.6. The number of furan rings is 1. The van der Waals surface area contributed by atoms with E-state index in [0.717, 1.165) is 19.0 Å². The zero-order valence-corrected chi connectivity index (χ0v) is 23.4. The maximum atomic E-state index is 13.8. The molecule has 2 aromatic heterocycles. The van der Waals surface area contributed by atoms with Gasteiger partial charge in [0.2, 0.25) is 0 Å². The van der Waals surface area contributed by atoms with Crippen LogP contribution in [-0.2, 0) is 9.53 Å². The maximum absolute atomic E-state index is 13.8. The van der Waals surface area contributed by atoms with Gasteiger partial charge in [-0.1, -0.05) is 17.4 Å². The minimum atomic E-state index is -0.750. The van der Waals surface area contributed by atoms with Gasteiger partial charge in [-0.25, -0.2) is 9.79 Å². The fraction of sp³-hybridized carbons (Fsp3) is 0.393. The molecule has 1 unspecified atom stereocenters. The summed E-state index contributed by atoms with van der Waals surface area (Å²) in [4.78, 5) is 34.2. The Hall–Kier alpha value is -3.79. The first-order valence-corrected chi connectivity index (χ1v) is 13.5. The van der Waals surface area contributed by atoms with Crippen LogP contribution in [0, 0.1) is 0 Å². The Morgan fingerprint density at radius 2 is 1.89 bits per heavy atom. The third-order valence-corrected chi connectivity index (χ3v) is 7.26. The summed E-state index contributed by atoms with van der Waals surface area (Å²) >= 11 is 1.25. The number of hydrogen-bond donors (Lipinski definition) is 0. The molecule has 3 heterocycles. The van der Waals surface area contributed by atoms with Crippen molar-refractivity contribution in [2.45, 2.75) is 40.7 Å². The number of carbonyl (C=O) groups excluding carboxylic acids is 1. The topological polar surface area (TPSA) is 95.5 Å². The van der Waals surface area contributed by atoms with Gasteiger partial charge in [0.15, 0.2) is 22.2 Å². The highest BCUT2D eigenvalue weighted by molar-refractivity contribution is 7.07.